The summed E-state index contributed by atoms with van der Waals surface area (Å²) in [5.74, 6) is 0. The van der Waals surface area contributed by atoms with E-state index in [4.69, 9.17) is 13.6 Å². The molecule has 2 saturated carbocycles. The fourth-order valence-electron chi connectivity index (χ4n) is 6.48. The van der Waals surface area contributed by atoms with Crippen molar-refractivity contribution in [2.75, 3.05) is 0 Å². The average molecular weight is 383 g/mol. The number of epoxide rings is 2. The SMILES string of the molecule is CCC1([Si](C)(C)O[Si](C)(C)C2(CC)CCC3OC3C2)CCC2OC2C1. The molecule has 4 aliphatic rings. The second-order valence-electron chi connectivity index (χ2n) is 10.3. The summed E-state index contributed by atoms with van der Waals surface area (Å²) in [4.78, 5) is 0. The average Bonchev–Trinajstić information content (AvgIpc) is 3.45. The largest absolute Gasteiger partial charge is 0.455 e. The molecule has 5 heteroatoms. The van der Waals surface area contributed by atoms with Gasteiger partial charge in [0, 0.05) is 0 Å². The van der Waals surface area contributed by atoms with Crippen LogP contribution in [0.1, 0.15) is 65.2 Å². The summed E-state index contributed by atoms with van der Waals surface area (Å²) >= 11 is 0. The number of ether oxygens (including phenoxy) is 2. The van der Waals surface area contributed by atoms with Gasteiger partial charge in [0.05, 0.1) is 24.4 Å². The Morgan fingerprint density at radius 2 is 1.16 bits per heavy atom. The van der Waals surface area contributed by atoms with Crippen LogP contribution in [0.15, 0.2) is 0 Å². The van der Waals surface area contributed by atoms with Gasteiger partial charge in [0.15, 0.2) is 16.6 Å². The lowest BCUT2D eigenvalue weighted by atomic mass is 9.86. The van der Waals surface area contributed by atoms with E-state index in [1.54, 1.807) is 0 Å². The highest BCUT2D eigenvalue weighted by Gasteiger charge is 2.62. The highest BCUT2D eigenvalue weighted by molar-refractivity contribution is 6.87. The summed E-state index contributed by atoms with van der Waals surface area (Å²) in [6, 6.07) is 0. The highest BCUT2D eigenvalue weighted by atomic mass is 28.4. The van der Waals surface area contributed by atoms with E-state index < -0.39 is 16.6 Å². The zero-order chi connectivity index (χ0) is 18.1. The second-order valence-corrected chi connectivity index (χ2v) is 19.3. The molecule has 0 bridgehead atoms. The van der Waals surface area contributed by atoms with Gasteiger partial charge in [0.2, 0.25) is 0 Å². The minimum atomic E-state index is -1.82. The summed E-state index contributed by atoms with van der Waals surface area (Å²) in [7, 11) is -3.64. The number of hydrogen-bond donors (Lipinski definition) is 0. The van der Waals surface area contributed by atoms with E-state index in [2.05, 4.69) is 40.0 Å². The summed E-state index contributed by atoms with van der Waals surface area (Å²) in [5, 5.41) is 0.828. The molecule has 25 heavy (non-hydrogen) atoms. The summed E-state index contributed by atoms with van der Waals surface area (Å²) in [6.45, 7) is 14.9. The topological polar surface area (TPSA) is 34.3 Å². The van der Waals surface area contributed by atoms with Crippen molar-refractivity contribution >= 4 is 16.6 Å². The normalized spacial score (nSPS) is 46.3. The van der Waals surface area contributed by atoms with Crippen LogP contribution in [0.5, 0.6) is 0 Å². The van der Waals surface area contributed by atoms with Crippen LogP contribution in [-0.2, 0) is 13.6 Å². The molecule has 0 aromatic rings. The molecule has 0 aromatic carbocycles. The van der Waals surface area contributed by atoms with Crippen molar-refractivity contribution in [3.8, 4) is 0 Å². The van der Waals surface area contributed by atoms with Crippen molar-refractivity contribution in [3.05, 3.63) is 0 Å². The summed E-state index contributed by atoms with van der Waals surface area (Å²) in [5.41, 5.74) is 0. The fraction of sp³-hybridized carbons (Fsp3) is 1.00. The Labute approximate surface area is 156 Å². The fourth-order valence-corrected chi connectivity index (χ4v) is 17.9. The lowest BCUT2D eigenvalue weighted by Crippen LogP contribution is -2.58. The van der Waals surface area contributed by atoms with Crippen LogP contribution in [0, 0.1) is 0 Å². The van der Waals surface area contributed by atoms with Crippen molar-refractivity contribution in [1.29, 1.82) is 0 Å². The molecule has 2 aliphatic heterocycles. The molecule has 3 nitrogen and oxygen atoms in total. The predicted octanol–water partition coefficient (Wildman–Crippen LogP) is 5.62. The molecule has 0 radical (unpaired) electrons. The third kappa shape index (κ3) is 2.93. The molecule has 4 fully saturated rings. The molecular formula is C20H38O3Si2. The number of hydrogen-bond acceptors (Lipinski definition) is 3. The first kappa shape index (κ1) is 18.7. The predicted molar refractivity (Wildman–Crippen MR) is 107 cm³/mol. The van der Waals surface area contributed by atoms with Crippen LogP contribution in [0.4, 0.5) is 0 Å². The van der Waals surface area contributed by atoms with E-state index in [1.165, 1.54) is 51.4 Å². The molecule has 2 aliphatic carbocycles. The zero-order valence-electron chi connectivity index (χ0n) is 17.2. The number of fused-ring (bicyclic) bond motifs is 2. The molecule has 6 atom stereocenters. The minimum Gasteiger partial charge on any atom is -0.455 e. The van der Waals surface area contributed by atoms with E-state index in [-0.39, 0.29) is 0 Å². The van der Waals surface area contributed by atoms with Crippen molar-refractivity contribution in [1.82, 2.24) is 0 Å². The summed E-state index contributed by atoms with van der Waals surface area (Å²) < 4.78 is 19.2. The first-order chi connectivity index (χ1) is 11.7. The van der Waals surface area contributed by atoms with Gasteiger partial charge in [0.25, 0.3) is 0 Å². The van der Waals surface area contributed by atoms with Gasteiger partial charge >= 0.3 is 0 Å². The van der Waals surface area contributed by atoms with E-state index in [0.29, 0.717) is 34.5 Å². The van der Waals surface area contributed by atoms with Crippen LogP contribution < -0.4 is 0 Å². The van der Waals surface area contributed by atoms with Gasteiger partial charge in [-0.3, -0.25) is 0 Å². The second kappa shape index (κ2) is 5.90. The number of rotatable bonds is 6. The lowest BCUT2D eigenvalue weighted by Gasteiger charge is -2.54. The van der Waals surface area contributed by atoms with E-state index in [9.17, 15) is 0 Å². The molecule has 0 amide bonds. The monoisotopic (exact) mass is 382 g/mol. The first-order valence-corrected chi connectivity index (χ1v) is 16.5. The van der Waals surface area contributed by atoms with Crippen LogP contribution in [-0.4, -0.2) is 41.1 Å². The third-order valence-electron chi connectivity index (χ3n) is 8.79. The van der Waals surface area contributed by atoms with Gasteiger partial charge in [-0.1, -0.05) is 26.7 Å². The molecular weight excluding hydrogens is 344 g/mol. The van der Waals surface area contributed by atoms with Crippen molar-refractivity contribution < 1.29 is 13.6 Å². The highest BCUT2D eigenvalue weighted by Crippen LogP contribution is 2.62. The Kier molecular flexibility index (Phi) is 4.41. The first-order valence-electron chi connectivity index (χ1n) is 10.7. The molecule has 4 rings (SSSR count). The molecule has 0 N–H and O–H groups in total. The Morgan fingerprint density at radius 3 is 1.48 bits per heavy atom. The van der Waals surface area contributed by atoms with E-state index in [1.807, 2.05) is 0 Å². The Morgan fingerprint density at radius 1 is 0.760 bits per heavy atom. The van der Waals surface area contributed by atoms with Crippen LogP contribution >= 0.6 is 0 Å². The van der Waals surface area contributed by atoms with Gasteiger partial charge in [-0.15, -0.1) is 0 Å². The Balaban J connectivity index is 1.55. The molecule has 6 unspecified atom stereocenters. The minimum absolute atomic E-state index is 0.414. The summed E-state index contributed by atoms with van der Waals surface area (Å²) in [6.07, 6.45) is 12.4. The van der Waals surface area contributed by atoms with Gasteiger partial charge in [-0.25, -0.2) is 0 Å². The third-order valence-corrected chi connectivity index (χ3v) is 19.6. The van der Waals surface area contributed by atoms with Gasteiger partial charge < -0.3 is 13.6 Å². The maximum atomic E-state index is 7.39. The lowest BCUT2D eigenvalue weighted by molar-refractivity contribution is 0.302. The zero-order valence-corrected chi connectivity index (χ0v) is 19.2. The van der Waals surface area contributed by atoms with Crippen LogP contribution in [0.25, 0.3) is 0 Å². The molecule has 0 spiro atoms. The Hall–Kier alpha value is 0.314. The van der Waals surface area contributed by atoms with Crippen LogP contribution in [0.2, 0.25) is 36.3 Å². The molecule has 144 valence electrons. The van der Waals surface area contributed by atoms with Crippen LogP contribution in [0.3, 0.4) is 0 Å². The smallest absolute Gasteiger partial charge is 0.179 e. The van der Waals surface area contributed by atoms with Gasteiger partial charge in [-0.05, 0) is 74.8 Å². The van der Waals surface area contributed by atoms with Gasteiger partial charge in [0.1, 0.15) is 0 Å². The standard InChI is InChI=1S/C20H38O3Si2/c1-7-19(11-9-15-17(13-19)21-15)24(3,4)23-25(5,6)20(8-2)12-10-16-18(14-20)22-16/h15-18H,7-14H2,1-6H3. The van der Waals surface area contributed by atoms with Crippen molar-refractivity contribution in [2.24, 2.45) is 0 Å². The van der Waals surface area contributed by atoms with E-state index in [0.717, 1.165) is 0 Å². The molecule has 2 heterocycles. The van der Waals surface area contributed by atoms with Crippen molar-refractivity contribution in [3.63, 3.8) is 0 Å². The van der Waals surface area contributed by atoms with Crippen molar-refractivity contribution in [2.45, 2.75) is 126 Å². The van der Waals surface area contributed by atoms with Gasteiger partial charge in [-0.2, -0.15) is 0 Å². The Bertz CT molecular complexity index is 491. The maximum Gasteiger partial charge on any atom is 0.179 e. The maximum absolute atomic E-state index is 7.39. The molecule has 0 aromatic heterocycles. The molecule has 2 saturated heterocycles. The quantitative estimate of drug-likeness (QED) is 0.442. The van der Waals surface area contributed by atoms with E-state index >= 15 is 0 Å².